The van der Waals surface area contributed by atoms with Gasteiger partial charge in [0.25, 0.3) is 0 Å². The molecule has 4 nitrogen and oxygen atoms in total. The van der Waals surface area contributed by atoms with Gasteiger partial charge in [-0.2, -0.15) is 0 Å². The van der Waals surface area contributed by atoms with Gasteiger partial charge in [0, 0.05) is 33.1 Å². The van der Waals surface area contributed by atoms with Crippen molar-refractivity contribution in [2.24, 2.45) is 0 Å². The lowest BCUT2D eigenvalue weighted by molar-refractivity contribution is -0.128. The van der Waals surface area contributed by atoms with Crippen molar-refractivity contribution in [3.05, 3.63) is 21.5 Å². The summed E-state index contributed by atoms with van der Waals surface area (Å²) in [7, 11) is 3.39. The van der Waals surface area contributed by atoms with Crippen LogP contribution in [0.3, 0.4) is 0 Å². The highest BCUT2D eigenvalue weighted by Gasteiger charge is 2.07. The zero-order valence-electron chi connectivity index (χ0n) is 9.76. The summed E-state index contributed by atoms with van der Waals surface area (Å²) >= 11 is 1.88. The van der Waals surface area contributed by atoms with E-state index < -0.39 is 0 Å². The lowest BCUT2D eigenvalue weighted by Crippen LogP contribution is -2.24. The molecule has 0 saturated heterocycles. The maximum Gasteiger partial charge on any atom is 0.223 e. The topological polar surface area (TPSA) is 58.4 Å². The molecule has 6 heteroatoms. The van der Waals surface area contributed by atoms with E-state index in [1.54, 1.807) is 20.2 Å². The minimum Gasteiger partial charge on any atom is -0.397 e. The number of nitrogens with two attached hydrogens (primary N) is 1. The minimum atomic E-state index is -0.318. The smallest absolute Gasteiger partial charge is 0.223 e. The van der Waals surface area contributed by atoms with Crippen LogP contribution in [0.1, 0.15) is 6.42 Å². The van der Waals surface area contributed by atoms with E-state index in [0.29, 0.717) is 27.9 Å². The number of rotatable bonds is 4. The van der Waals surface area contributed by atoms with Gasteiger partial charge in [0.1, 0.15) is 5.82 Å². The number of hydrogen-bond donors (Lipinski definition) is 2. The van der Waals surface area contributed by atoms with Crippen LogP contribution in [0.5, 0.6) is 0 Å². The number of carbonyl (C=O) groups is 1. The highest BCUT2D eigenvalue weighted by molar-refractivity contribution is 14.1. The molecule has 1 rings (SSSR count). The fourth-order valence-electron chi connectivity index (χ4n) is 1.24. The molecule has 0 heterocycles. The molecule has 0 unspecified atom stereocenters. The van der Waals surface area contributed by atoms with E-state index in [2.05, 4.69) is 5.32 Å². The molecule has 0 fully saturated rings. The van der Waals surface area contributed by atoms with Crippen LogP contribution < -0.4 is 11.1 Å². The van der Waals surface area contributed by atoms with Gasteiger partial charge in [-0.1, -0.05) is 0 Å². The van der Waals surface area contributed by atoms with Gasteiger partial charge in [0.05, 0.1) is 14.9 Å². The first-order valence-electron chi connectivity index (χ1n) is 5.10. The summed E-state index contributed by atoms with van der Waals surface area (Å²) in [6, 6.07) is 2.91. The number of nitrogens with one attached hydrogen (secondary N) is 1. The number of amides is 1. The molecule has 0 aliphatic carbocycles. The highest BCUT2D eigenvalue weighted by Crippen LogP contribution is 2.23. The van der Waals surface area contributed by atoms with Crippen molar-refractivity contribution in [1.29, 1.82) is 0 Å². The molecule has 0 spiro atoms. The van der Waals surface area contributed by atoms with Crippen LogP contribution in [0.4, 0.5) is 15.8 Å². The molecular weight excluding hydrogens is 336 g/mol. The molecule has 94 valence electrons. The molecule has 3 N–H and O–H groups in total. The molecule has 0 aliphatic rings. The third-order valence-electron chi connectivity index (χ3n) is 2.25. The summed E-state index contributed by atoms with van der Waals surface area (Å²) in [5.41, 5.74) is 6.74. The molecule has 1 aromatic rings. The monoisotopic (exact) mass is 351 g/mol. The van der Waals surface area contributed by atoms with Gasteiger partial charge in [0.2, 0.25) is 5.91 Å². The van der Waals surface area contributed by atoms with E-state index in [1.165, 1.54) is 11.0 Å². The zero-order chi connectivity index (χ0) is 13.0. The standard InChI is InChI=1S/C11H15FIN3O/c1-16(2)11(17)3-4-15-10-5-7(12)8(13)6-9(10)14/h5-6,15H,3-4,14H2,1-2H3. The van der Waals surface area contributed by atoms with E-state index in [9.17, 15) is 9.18 Å². The Morgan fingerprint density at radius 1 is 1.53 bits per heavy atom. The number of halogens is 2. The van der Waals surface area contributed by atoms with Crippen LogP contribution in [-0.2, 0) is 4.79 Å². The predicted octanol–water partition coefficient (Wildman–Crippen LogP) is 1.90. The molecule has 0 bridgehead atoms. The van der Waals surface area contributed by atoms with Crippen molar-refractivity contribution < 1.29 is 9.18 Å². The zero-order valence-corrected chi connectivity index (χ0v) is 11.9. The van der Waals surface area contributed by atoms with Crippen molar-refractivity contribution in [2.45, 2.75) is 6.42 Å². The average molecular weight is 351 g/mol. The normalized spacial score (nSPS) is 10.1. The largest absolute Gasteiger partial charge is 0.397 e. The molecule has 0 aromatic heterocycles. The Morgan fingerprint density at radius 2 is 2.18 bits per heavy atom. The van der Waals surface area contributed by atoms with Crippen molar-refractivity contribution in [2.75, 3.05) is 31.7 Å². The van der Waals surface area contributed by atoms with Crippen LogP contribution >= 0.6 is 22.6 Å². The van der Waals surface area contributed by atoms with Gasteiger partial charge >= 0.3 is 0 Å². The molecule has 1 amide bonds. The number of nitrogens with zero attached hydrogens (tertiary/aromatic N) is 1. The molecule has 0 saturated carbocycles. The molecule has 0 atom stereocenters. The maximum absolute atomic E-state index is 13.3. The van der Waals surface area contributed by atoms with Crippen LogP contribution in [0, 0.1) is 9.39 Å². The van der Waals surface area contributed by atoms with Gasteiger partial charge < -0.3 is 16.0 Å². The van der Waals surface area contributed by atoms with Crippen LogP contribution in [0.25, 0.3) is 0 Å². The van der Waals surface area contributed by atoms with Gasteiger partial charge in [-0.15, -0.1) is 0 Å². The number of benzene rings is 1. The van der Waals surface area contributed by atoms with Crippen molar-refractivity contribution in [1.82, 2.24) is 4.90 Å². The van der Waals surface area contributed by atoms with E-state index in [0.717, 1.165) is 0 Å². The Bertz CT molecular complexity index is 423. The minimum absolute atomic E-state index is 0.0158. The fourth-order valence-corrected chi connectivity index (χ4v) is 1.73. The van der Waals surface area contributed by atoms with Crippen molar-refractivity contribution >= 4 is 39.9 Å². The second kappa shape index (κ2) is 6.04. The van der Waals surface area contributed by atoms with Crippen LogP contribution in [0.15, 0.2) is 12.1 Å². The molecule has 1 aromatic carbocycles. The summed E-state index contributed by atoms with van der Waals surface area (Å²) in [4.78, 5) is 12.8. The molecular formula is C11H15FIN3O. The second-order valence-electron chi connectivity index (χ2n) is 3.82. The number of hydrogen-bond acceptors (Lipinski definition) is 3. The van der Waals surface area contributed by atoms with E-state index >= 15 is 0 Å². The number of anilines is 2. The van der Waals surface area contributed by atoms with E-state index in [1.807, 2.05) is 22.6 Å². The van der Waals surface area contributed by atoms with E-state index in [4.69, 9.17) is 5.73 Å². The first-order chi connectivity index (χ1) is 7.91. The predicted molar refractivity (Wildman–Crippen MR) is 75.3 cm³/mol. The third kappa shape index (κ3) is 4.03. The molecule has 17 heavy (non-hydrogen) atoms. The SMILES string of the molecule is CN(C)C(=O)CCNc1cc(F)c(I)cc1N. The quantitative estimate of drug-likeness (QED) is 0.644. The second-order valence-corrected chi connectivity index (χ2v) is 4.98. The van der Waals surface area contributed by atoms with Gasteiger partial charge in [0.15, 0.2) is 0 Å². The summed E-state index contributed by atoms with van der Waals surface area (Å²) in [5.74, 6) is -0.303. The Morgan fingerprint density at radius 3 is 2.76 bits per heavy atom. The number of carbonyl (C=O) groups excluding carboxylic acids is 1. The maximum atomic E-state index is 13.3. The first kappa shape index (κ1) is 14.0. The third-order valence-corrected chi connectivity index (χ3v) is 3.07. The first-order valence-corrected chi connectivity index (χ1v) is 6.18. The van der Waals surface area contributed by atoms with Gasteiger partial charge in [-0.05, 0) is 28.7 Å². The summed E-state index contributed by atoms with van der Waals surface area (Å²) < 4.78 is 13.8. The summed E-state index contributed by atoms with van der Waals surface area (Å²) in [6.07, 6.45) is 0.347. The summed E-state index contributed by atoms with van der Waals surface area (Å²) in [6.45, 7) is 0.432. The van der Waals surface area contributed by atoms with E-state index in [-0.39, 0.29) is 11.7 Å². The van der Waals surface area contributed by atoms with Crippen LogP contribution in [0.2, 0.25) is 0 Å². The average Bonchev–Trinajstić information content (AvgIpc) is 2.25. The Kier molecular flexibility index (Phi) is 4.98. The lowest BCUT2D eigenvalue weighted by atomic mass is 10.2. The Balaban J connectivity index is 2.58. The van der Waals surface area contributed by atoms with Gasteiger partial charge in [-0.25, -0.2) is 4.39 Å². The summed E-state index contributed by atoms with van der Waals surface area (Å²) in [5, 5.41) is 2.95. The highest BCUT2D eigenvalue weighted by atomic mass is 127. The Hall–Kier alpha value is -1.05. The van der Waals surface area contributed by atoms with Crippen LogP contribution in [-0.4, -0.2) is 31.4 Å². The fraction of sp³-hybridized carbons (Fsp3) is 0.364. The van der Waals surface area contributed by atoms with Crippen molar-refractivity contribution in [3.63, 3.8) is 0 Å². The van der Waals surface area contributed by atoms with Crippen molar-refractivity contribution in [3.8, 4) is 0 Å². The van der Waals surface area contributed by atoms with Gasteiger partial charge in [-0.3, -0.25) is 4.79 Å². The molecule has 0 aliphatic heterocycles. The Labute approximate surface area is 113 Å². The lowest BCUT2D eigenvalue weighted by Gasteiger charge is -2.12. The molecule has 0 radical (unpaired) electrons. The number of nitrogen functional groups attached to an aromatic ring is 1.